The van der Waals surface area contributed by atoms with Crippen LogP contribution in [0.15, 0.2) is 0 Å². The summed E-state index contributed by atoms with van der Waals surface area (Å²) in [5.41, 5.74) is 0. The number of nitrogens with one attached hydrogen (secondary N) is 3. The minimum absolute atomic E-state index is 0. The van der Waals surface area contributed by atoms with E-state index in [1.54, 1.807) is 5.32 Å². The number of hydrogen-bond acceptors (Lipinski definition) is 3. The van der Waals surface area contributed by atoms with E-state index in [2.05, 4.69) is 10.6 Å². The van der Waals surface area contributed by atoms with E-state index in [9.17, 15) is 22.8 Å². The van der Waals surface area contributed by atoms with Crippen molar-refractivity contribution in [1.29, 1.82) is 0 Å². The van der Waals surface area contributed by atoms with E-state index in [1.165, 1.54) is 0 Å². The first-order valence-corrected chi connectivity index (χ1v) is 7.09. The maximum absolute atomic E-state index is 11.9. The van der Waals surface area contributed by atoms with Crippen LogP contribution in [0.1, 0.15) is 26.2 Å². The molecule has 0 spiro atoms. The van der Waals surface area contributed by atoms with E-state index in [-0.39, 0.29) is 30.7 Å². The molecule has 130 valence electrons. The number of carbonyl (C=O) groups is 2. The summed E-state index contributed by atoms with van der Waals surface area (Å²) < 4.78 is 35.7. The Morgan fingerprint density at radius 2 is 1.77 bits per heavy atom. The summed E-state index contributed by atoms with van der Waals surface area (Å²) in [6.45, 7) is 2.06. The molecule has 3 N–H and O–H groups in total. The van der Waals surface area contributed by atoms with Gasteiger partial charge in [-0.1, -0.05) is 6.92 Å². The zero-order valence-corrected chi connectivity index (χ0v) is 13.3. The Balaban J connectivity index is 0.00000441. The fourth-order valence-electron chi connectivity index (χ4n) is 2.38. The Morgan fingerprint density at radius 3 is 2.32 bits per heavy atom. The lowest BCUT2D eigenvalue weighted by molar-refractivity contribution is -0.138. The van der Waals surface area contributed by atoms with Crippen LogP contribution in [-0.4, -0.2) is 44.2 Å². The van der Waals surface area contributed by atoms with Crippen LogP contribution in [0.4, 0.5) is 13.2 Å². The first-order chi connectivity index (χ1) is 9.78. The van der Waals surface area contributed by atoms with Crippen molar-refractivity contribution in [3.63, 3.8) is 0 Å². The van der Waals surface area contributed by atoms with Gasteiger partial charge in [-0.15, -0.1) is 12.4 Å². The lowest BCUT2D eigenvalue weighted by Crippen LogP contribution is -2.41. The van der Waals surface area contributed by atoms with Crippen LogP contribution in [0.5, 0.6) is 0 Å². The van der Waals surface area contributed by atoms with Gasteiger partial charge in [-0.05, 0) is 37.8 Å². The molecule has 0 aromatic carbocycles. The van der Waals surface area contributed by atoms with E-state index in [0.29, 0.717) is 5.92 Å². The Morgan fingerprint density at radius 1 is 1.18 bits per heavy atom. The molecule has 5 nitrogen and oxygen atoms in total. The highest BCUT2D eigenvalue weighted by atomic mass is 35.5. The lowest BCUT2D eigenvalue weighted by Gasteiger charge is -2.27. The molecular weight excluding hydrogens is 323 g/mol. The largest absolute Gasteiger partial charge is 0.405 e. The molecule has 0 radical (unpaired) electrons. The second kappa shape index (κ2) is 9.89. The van der Waals surface area contributed by atoms with Crippen LogP contribution < -0.4 is 16.0 Å². The monoisotopic (exact) mass is 345 g/mol. The molecule has 1 unspecified atom stereocenters. The van der Waals surface area contributed by atoms with Gasteiger partial charge >= 0.3 is 6.18 Å². The van der Waals surface area contributed by atoms with E-state index >= 15 is 0 Å². The fourth-order valence-corrected chi connectivity index (χ4v) is 2.38. The van der Waals surface area contributed by atoms with Gasteiger partial charge in [0.2, 0.25) is 11.8 Å². The van der Waals surface area contributed by atoms with Crippen molar-refractivity contribution in [2.24, 2.45) is 11.8 Å². The summed E-state index contributed by atoms with van der Waals surface area (Å²) in [6.07, 6.45) is -2.12. The van der Waals surface area contributed by atoms with Crippen molar-refractivity contribution in [2.75, 3.05) is 26.2 Å². The summed E-state index contributed by atoms with van der Waals surface area (Å²) in [5.74, 6) is -0.472. The normalized spacial score (nSPS) is 17.3. The lowest BCUT2D eigenvalue weighted by atomic mass is 9.84. The van der Waals surface area contributed by atoms with Crippen LogP contribution in [0.2, 0.25) is 0 Å². The van der Waals surface area contributed by atoms with Crippen LogP contribution in [0.25, 0.3) is 0 Å². The molecule has 1 heterocycles. The van der Waals surface area contributed by atoms with E-state index in [1.807, 2.05) is 6.92 Å². The zero-order valence-electron chi connectivity index (χ0n) is 12.5. The summed E-state index contributed by atoms with van der Waals surface area (Å²) in [4.78, 5) is 22.8. The van der Waals surface area contributed by atoms with Gasteiger partial charge in [-0.3, -0.25) is 9.59 Å². The van der Waals surface area contributed by atoms with E-state index in [4.69, 9.17) is 0 Å². The van der Waals surface area contributed by atoms with Crippen LogP contribution in [-0.2, 0) is 9.59 Å². The molecule has 0 aromatic heterocycles. The Bertz CT molecular complexity index is 361. The number of carbonyl (C=O) groups excluding carboxylic acids is 2. The van der Waals surface area contributed by atoms with E-state index < -0.39 is 25.2 Å². The number of alkyl halides is 3. The topological polar surface area (TPSA) is 70.2 Å². The van der Waals surface area contributed by atoms with Gasteiger partial charge in [0.15, 0.2) is 0 Å². The Kier molecular flexibility index (Phi) is 9.43. The summed E-state index contributed by atoms with van der Waals surface area (Å²) >= 11 is 0. The highest BCUT2D eigenvalue weighted by molar-refractivity contribution is 5.85. The summed E-state index contributed by atoms with van der Waals surface area (Å²) in [7, 11) is 0. The third kappa shape index (κ3) is 9.09. The van der Waals surface area contributed by atoms with E-state index in [0.717, 1.165) is 25.9 Å². The molecule has 0 aromatic rings. The van der Waals surface area contributed by atoms with Crippen molar-refractivity contribution in [1.82, 2.24) is 16.0 Å². The third-order valence-electron chi connectivity index (χ3n) is 3.63. The second-order valence-electron chi connectivity index (χ2n) is 5.44. The van der Waals surface area contributed by atoms with Gasteiger partial charge in [-0.25, -0.2) is 0 Å². The maximum Gasteiger partial charge on any atom is 0.405 e. The average Bonchev–Trinajstić information content (AvgIpc) is 2.43. The average molecular weight is 346 g/mol. The van der Waals surface area contributed by atoms with Crippen LogP contribution in [0, 0.1) is 11.8 Å². The number of rotatable bonds is 6. The number of halogens is 4. The molecule has 1 fully saturated rings. The van der Waals surface area contributed by atoms with Crippen LogP contribution >= 0.6 is 12.4 Å². The minimum atomic E-state index is -4.44. The molecule has 0 saturated carbocycles. The van der Waals surface area contributed by atoms with Crippen molar-refractivity contribution >= 4 is 24.2 Å². The SMILES string of the molecule is CC(CC(=O)NCC(=O)NCC(F)(F)F)C1CCNCC1.Cl. The highest BCUT2D eigenvalue weighted by Gasteiger charge is 2.27. The predicted molar refractivity (Wildman–Crippen MR) is 78.7 cm³/mol. The number of hydrogen-bond donors (Lipinski definition) is 3. The molecule has 1 saturated heterocycles. The Labute approximate surface area is 134 Å². The molecule has 1 atom stereocenters. The molecule has 9 heteroatoms. The van der Waals surface area contributed by atoms with Gasteiger partial charge in [0.25, 0.3) is 0 Å². The molecule has 2 amide bonds. The Hall–Kier alpha value is -1.02. The van der Waals surface area contributed by atoms with Crippen LogP contribution in [0.3, 0.4) is 0 Å². The zero-order chi connectivity index (χ0) is 15.9. The maximum atomic E-state index is 11.9. The molecule has 22 heavy (non-hydrogen) atoms. The fraction of sp³-hybridized carbons (Fsp3) is 0.846. The van der Waals surface area contributed by atoms with Crippen molar-refractivity contribution < 1.29 is 22.8 Å². The molecule has 1 aliphatic rings. The predicted octanol–water partition coefficient (Wildman–Crippen LogP) is 1.23. The first-order valence-electron chi connectivity index (χ1n) is 7.09. The summed E-state index contributed by atoms with van der Waals surface area (Å²) in [6, 6.07) is 0. The number of piperidine rings is 1. The quantitative estimate of drug-likeness (QED) is 0.678. The van der Waals surface area contributed by atoms with Gasteiger partial charge in [0.05, 0.1) is 6.54 Å². The van der Waals surface area contributed by atoms with Gasteiger partial charge in [-0.2, -0.15) is 13.2 Å². The first kappa shape index (κ1) is 21.0. The standard InChI is InChI=1S/C13H22F3N3O2.ClH/c1-9(10-2-4-17-5-3-10)6-11(20)18-7-12(21)19-8-13(14,15)16;/h9-10,17H,2-8H2,1H3,(H,18,20)(H,19,21);1H. The van der Waals surface area contributed by atoms with Gasteiger partial charge in [0.1, 0.15) is 6.54 Å². The van der Waals surface area contributed by atoms with Crippen molar-refractivity contribution in [3.8, 4) is 0 Å². The second-order valence-corrected chi connectivity index (χ2v) is 5.44. The minimum Gasteiger partial charge on any atom is -0.347 e. The molecule has 0 aliphatic carbocycles. The summed E-state index contributed by atoms with van der Waals surface area (Å²) in [5, 5.41) is 7.31. The molecule has 1 rings (SSSR count). The van der Waals surface area contributed by atoms with Crippen molar-refractivity contribution in [3.05, 3.63) is 0 Å². The molecule has 0 bridgehead atoms. The van der Waals surface area contributed by atoms with Gasteiger partial charge < -0.3 is 16.0 Å². The highest BCUT2D eigenvalue weighted by Crippen LogP contribution is 2.24. The van der Waals surface area contributed by atoms with Gasteiger partial charge in [0, 0.05) is 6.42 Å². The van der Waals surface area contributed by atoms with Crippen molar-refractivity contribution in [2.45, 2.75) is 32.4 Å². The smallest absolute Gasteiger partial charge is 0.347 e. The molecule has 1 aliphatic heterocycles. The third-order valence-corrected chi connectivity index (χ3v) is 3.63. The number of amides is 2. The molecular formula is C13H23ClF3N3O2.